The Kier molecular flexibility index (Phi) is 3.49. The predicted molar refractivity (Wildman–Crippen MR) is 49.0 cm³/mol. The molecule has 1 rings (SSSR count). The van der Waals surface area contributed by atoms with Gasteiger partial charge in [-0.2, -0.15) is 0 Å². The second kappa shape index (κ2) is 4.44. The minimum atomic E-state index is 1.02. The molecule has 0 aromatic carbocycles. The quantitative estimate of drug-likeness (QED) is 0.703. The Morgan fingerprint density at radius 2 is 2.36 bits per heavy atom. The van der Waals surface area contributed by atoms with Crippen LogP contribution in [-0.2, 0) is 6.42 Å². The van der Waals surface area contributed by atoms with E-state index >= 15 is 0 Å². The molecule has 2 nitrogen and oxygen atoms in total. The number of H-pyrrole nitrogens is 1. The first-order chi connectivity index (χ1) is 5.36. The summed E-state index contributed by atoms with van der Waals surface area (Å²) >= 11 is 1.79. The summed E-state index contributed by atoms with van der Waals surface area (Å²) in [5.74, 6) is 1.15. The molecule has 0 fully saturated rings. The Bertz CT molecular complexity index is 208. The molecule has 3 heteroatoms. The maximum atomic E-state index is 4.37. The van der Waals surface area contributed by atoms with E-state index in [9.17, 15) is 0 Å². The third kappa shape index (κ3) is 2.58. The van der Waals surface area contributed by atoms with Gasteiger partial charge in [0, 0.05) is 11.9 Å². The van der Waals surface area contributed by atoms with Crippen LogP contribution < -0.4 is 0 Å². The van der Waals surface area contributed by atoms with Gasteiger partial charge in [0.15, 0.2) is 5.16 Å². The highest BCUT2D eigenvalue weighted by Gasteiger charge is 1.97. The average Bonchev–Trinajstić information content (AvgIpc) is 2.48. The second-order valence-electron chi connectivity index (χ2n) is 2.40. The molecular weight excluding hydrogens is 156 g/mol. The summed E-state index contributed by atoms with van der Waals surface area (Å²) in [5, 5.41) is 1.06. The summed E-state index contributed by atoms with van der Waals surface area (Å²) < 4.78 is 0. The van der Waals surface area contributed by atoms with E-state index in [0.717, 1.165) is 23.0 Å². The Labute approximate surface area is 71.8 Å². The summed E-state index contributed by atoms with van der Waals surface area (Å²) in [5.41, 5.74) is 1.16. The zero-order chi connectivity index (χ0) is 8.10. The van der Waals surface area contributed by atoms with Crippen LogP contribution in [0, 0.1) is 0 Å². The maximum absolute atomic E-state index is 4.37. The molecule has 0 aliphatic heterocycles. The second-order valence-corrected chi connectivity index (χ2v) is 3.48. The van der Waals surface area contributed by atoms with Crippen molar-refractivity contribution in [3.05, 3.63) is 11.9 Å². The van der Waals surface area contributed by atoms with Gasteiger partial charge < -0.3 is 4.98 Å². The lowest BCUT2D eigenvalue weighted by Crippen LogP contribution is -1.80. The van der Waals surface area contributed by atoms with Crippen LogP contribution in [0.3, 0.4) is 0 Å². The summed E-state index contributed by atoms with van der Waals surface area (Å²) in [6.07, 6.45) is 4.20. The van der Waals surface area contributed by atoms with Gasteiger partial charge in [-0.25, -0.2) is 4.98 Å². The lowest BCUT2D eigenvalue weighted by molar-refractivity contribution is 0.988. The van der Waals surface area contributed by atoms with Crippen LogP contribution in [0.15, 0.2) is 11.4 Å². The van der Waals surface area contributed by atoms with Gasteiger partial charge >= 0.3 is 0 Å². The number of nitrogens with zero attached hydrogens (tertiary/aromatic N) is 1. The largest absolute Gasteiger partial charge is 0.339 e. The van der Waals surface area contributed by atoms with Crippen LogP contribution in [-0.4, -0.2) is 15.7 Å². The molecule has 1 heterocycles. The first kappa shape index (κ1) is 8.65. The van der Waals surface area contributed by atoms with Gasteiger partial charge in [-0.15, -0.1) is 0 Å². The molecule has 0 unspecified atom stereocenters. The molecule has 0 bridgehead atoms. The molecule has 0 aliphatic carbocycles. The zero-order valence-corrected chi connectivity index (χ0v) is 7.87. The number of imidazole rings is 1. The van der Waals surface area contributed by atoms with Gasteiger partial charge in [0.05, 0.1) is 5.69 Å². The topological polar surface area (TPSA) is 28.7 Å². The summed E-state index contributed by atoms with van der Waals surface area (Å²) in [6, 6.07) is 0. The molecule has 0 radical (unpaired) electrons. The van der Waals surface area contributed by atoms with Crippen molar-refractivity contribution in [3.8, 4) is 0 Å². The van der Waals surface area contributed by atoms with Crippen LogP contribution in [0.4, 0.5) is 0 Å². The molecule has 1 aromatic rings. The number of aryl methyl sites for hydroxylation is 1. The Morgan fingerprint density at radius 3 is 2.91 bits per heavy atom. The third-order valence-corrected chi connectivity index (χ3v) is 2.51. The van der Waals surface area contributed by atoms with Crippen molar-refractivity contribution in [3.63, 3.8) is 0 Å². The molecular formula is C8H14N2S. The summed E-state index contributed by atoms with van der Waals surface area (Å²) in [6.45, 7) is 4.29. The van der Waals surface area contributed by atoms with Gasteiger partial charge in [0.25, 0.3) is 0 Å². The number of hydrogen-bond donors (Lipinski definition) is 1. The first-order valence-corrected chi connectivity index (χ1v) is 5.02. The number of aromatic amines is 1. The average molecular weight is 170 g/mol. The van der Waals surface area contributed by atoms with Crippen LogP contribution in [0.5, 0.6) is 0 Å². The van der Waals surface area contributed by atoms with Crippen molar-refractivity contribution in [1.82, 2.24) is 9.97 Å². The monoisotopic (exact) mass is 170 g/mol. The van der Waals surface area contributed by atoms with Crippen LogP contribution >= 0.6 is 11.8 Å². The molecule has 0 atom stereocenters. The van der Waals surface area contributed by atoms with Gasteiger partial charge in [0.1, 0.15) is 0 Å². The lowest BCUT2D eigenvalue weighted by Gasteiger charge is -1.91. The van der Waals surface area contributed by atoms with E-state index in [1.54, 1.807) is 11.8 Å². The smallest absolute Gasteiger partial charge is 0.165 e. The van der Waals surface area contributed by atoms with Gasteiger partial charge in [-0.1, -0.05) is 25.6 Å². The Balaban J connectivity index is 2.44. The molecule has 0 aliphatic rings. The molecule has 1 aromatic heterocycles. The third-order valence-electron chi connectivity index (χ3n) is 1.41. The van der Waals surface area contributed by atoms with E-state index in [0.29, 0.717) is 0 Å². The summed E-state index contributed by atoms with van der Waals surface area (Å²) in [7, 11) is 0. The predicted octanol–water partition coefficient (Wildman–Crippen LogP) is 2.47. The molecule has 0 amide bonds. The van der Waals surface area contributed by atoms with E-state index in [1.807, 2.05) is 6.20 Å². The van der Waals surface area contributed by atoms with Crippen molar-refractivity contribution < 1.29 is 0 Å². The molecule has 0 saturated heterocycles. The van der Waals surface area contributed by atoms with Gasteiger partial charge in [0.2, 0.25) is 0 Å². The van der Waals surface area contributed by atoms with Crippen molar-refractivity contribution >= 4 is 11.8 Å². The molecule has 0 saturated carbocycles. The van der Waals surface area contributed by atoms with Crippen LogP contribution in [0.1, 0.15) is 26.0 Å². The summed E-state index contributed by atoms with van der Waals surface area (Å²) in [4.78, 5) is 7.52. The minimum Gasteiger partial charge on any atom is -0.339 e. The number of rotatable bonds is 4. The Morgan fingerprint density at radius 1 is 1.55 bits per heavy atom. The zero-order valence-electron chi connectivity index (χ0n) is 7.05. The number of thioether (sulfide) groups is 1. The van der Waals surface area contributed by atoms with E-state index in [2.05, 4.69) is 23.8 Å². The van der Waals surface area contributed by atoms with Gasteiger partial charge in [-0.3, -0.25) is 0 Å². The molecule has 11 heavy (non-hydrogen) atoms. The molecule has 62 valence electrons. The van der Waals surface area contributed by atoms with E-state index in [1.165, 1.54) is 6.42 Å². The fraction of sp³-hybridized carbons (Fsp3) is 0.625. The lowest BCUT2D eigenvalue weighted by atomic mass is 10.4. The molecule has 0 spiro atoms. The van der Waals surface area contributed by atoms with E-state index in [-0.39, 0.29) is 0 Å². The maximum Gasteiger partial charge on any atom is 0.165 e. The first-order valence-electron chi connectivity index (χ1n) is 4.04. The van der Waals surface area contributed by atoms with Gasteiger partial charge in [-0.05, 0) is 12.8 Å². The fourth-order valence-electron chi connectivity index (χ4n) is 0.794. The van der Waals surface area contributed by atoms with E-state index in [4.69, 9.17) is 0 Å². The van der Waals surface area contributed by atoms with Crippen LogP contribution in [0.25, 0.3) is 0 Å². The standard InChI is InChI=1S/C8H14N2S/c1-3-5-11-8-9-6-7(4-2)10-8/h6H,3-5H2,1-2H3,(H,9,10). The fourth-order valence-corrected chi connectivity index (χ4v) is 1.52. The SMILES string of the molecule is CCCSc1nc(CC)c[nH]1. The number of hydrogen-bond acceptors (Lipinski definition) is 2. The normalized spacial score (nSPS) is 10.4. The highest BCUT2D eigenvalue weighted by molar-refractivity contribution is 7.99. The minimum absolute atomic E-state index is 1.02. The number of nitrogens with one attached hydrogen (secondary N) is 1. The van der Waals surface area contributed by atoms with Crippen molar-refractivity contribution in [2.24, 2.45) is 0 Å². The highest BCUT2D eigenvalue weighted by Crippen LogP contribution is 2.14. The molecule has 1 N–H and O–H groups in total. The highest BCUT2D eigenvalue weighted by atomic mass is 32.2. The van der Waals surface area contributed by atoms with E-state index < -0.39 is 0 Å². The van der Waals surface area contributed by atoms with Crippen molar-refractivity contribution in [1.29, 1.82) is 0 Å². The van der Waals surface area contributed by atoms with Crippen molar-refractivity contribution in [2.45, 2.75) is 31.8 Å². The number of aromatic nitrogens is 2. The van der Waals surface area contributed by atoms with Crippen molar-refractivity contribution in [2.75, 3.05) is 5.75 Å². The van der Waals surface area contributed by atoms with Crippen LogP contribution in [0.2, 0.25) is 0 Å². The Hall–Kier alpha value is -0.440.